The predicted molar refractivity (Wildman–Crippen MR) is 98.0 cm³/mol. The highest BCUT2D eigenvalue weighted by atomic mass is 16.2. The monoisotopic (exact) mass is 357 g/mol. The number of benzene rings is 1. The molecule has 26 heavy (non-hydrogen) atoms. The Morgan fingerprint density at radius 3 is 2.58 bits per heavy atom. The Kier molecular flexibility index (Phi) is 5.91. The molecule has 6 nitrogen and oxygen atoms in total. The molecule has 0 aromatic heterocycles. The van der Waals surface area contributed by atoms with Gasteiger partial charge in [0.2, 0.25) is 17.7 Å². The lowest BCUT2D eigenvalue weighted by molar-refractivity contribution is -0.131. The van der Waals surface area contributed by atoms with Crippen molar-refractivity contribution >= 4 is 17.7 Å². The Balaban J connectivity index is 1.46. The average molecular weight is 357 g/mol. The first-order chi connectivity index (χ1) is 12.5. The lowest BCUT2D eigenvalue weighted by atomic mass is 10.1. The lowest BCUT2D eigenvalue weighted by Gasteiger charge is -2.24. The largest absolute Gasteiger partial charge is 0.350 e. The number of hydrogen-bond acceptors (Lipinski definition) is 3. The molecule has 1 aliphatic carbocycles. The van der Waals surface area contributed by atoms with Crippen molar-refractivity contribution < 1.29 is 14.4 Å². The van der Waals surface area contributed by atoms with Crippen LogP contribution in [0.25, 0.3) is 0 Å². The van der Waals surface area contributed by atoms with Crippen LogP contribution in [0.4, 0.5) is 0 Å². The van der Waals surface area contributed by atoms with E-state index in [-0.39, 0.29) is 30.1 Å². The fraction of sp³-hybridized carbons (Fsp3) is 0.550. The summed E-state index contributed by atoms with van der Waals surface area (Å²) < 4.78 is 0. The third kappa shape index (κ3) is 4.42. The SMILES string of the molecule is CC(NC(=O)C1CC(=O)N(C2CCCC2)C1)C(=O)NCc1ccccc1. The molecule has 0 radical (unpaired) electrons. The van der Waals surface area contributed by atoms with Crippen molar-refractivity contribution in [3.8, 4) is 0 Å². The van der Waals surface area contributed by atoms with Crippen LogP contribution in [0.2, 0.25) is 0 Å². The van der Waals surface area contributed by atoms with Crippen LogP contribution in [-0.4, -0.2) is 41.2 Å². The van der Waals surface area contributed by atoms with E-state index in [1.165, 1.54) is 0 Å². The number of nitrogens with one attached hydrogen (secondary N) is 2. The highest BCUT2D eigenvalue weighted by Gasteiger charge is 2.39. The molecule has 1 aromatic rings. The van der Waals surface area contributed by atoms with E-state index in [1.54, 1.807) is 6.92 Å². The maximum Gasteiger partial charge on any atom is 0.242 e. The molecule has 2 unspecified atom stereocenters. The molecule has 1 heterocycles. The summed E-state index contributed by atoms with van der Waals surface area (Å²) >= 11 is 0. The van der Waals surface area contributed by atoms with E-state index in [2.05, 4.69) is 10.6 Å². The Hall–Kier alpha value is -2.37. The van der Waals surface area contributed by atoms with Crippen molar-refractivity contribution in [1.29, 1.82) is 0 Å². The van der Waals surface area contributed by atoms with Crippen molar-refractivity contribution in [2.45, 2.75) is 57.7 Å². The standard InChI is InChI=1S/C20H27N3O3/c1-14(19(25)21-12-15-7-3-2-4-8-15)22-20(26)16-11-18(24)23(13-16)17-9-5-6-10-17/h2-4,7-8,14,16-17H,5-6,9-13H2,1H3,(H,21,25)(H,22,26). The summed E-state index contributed by atoms with van der Waals surface area (Å²) in [6.07, 6.45) is 4.64. The Bertz CT molecular complexity index is 656. The Labute approximate surface area is 154 Å². The minimum absolute atomic E-state index is 0.0678. The predicted octanol–water partition coefficient (Wildman–Crippen LogP) is 1.60. The van der Waals surface area contributed by atoms with Gasteiger partial charge in [0, 0.05) is 25.6 Å². The molecule has 6 heteroatoms. The minimum Gasteiger partial charge on any atom is -0.350 e. The van der Waals surface area contributed by atoms with Gasteiger partial charge in [-0.2, -0.15) is 0 Å². The van der Waals surface area contributed by atoms with Gasteiger partial charge in [-0.15, -0.1) is 0 Å². The van der Waals surface area contributed by atoms with E-state index in [4.69, 9.17) is 0 Å². The van der Waals surface area contributed by atoms with Gasteiger partial charge in [-0.3, -0.25) is 14.4 Å². The molecule has 2 N–H and O–H groups in total. The number of hydrogen-bond donors (Lipinski definition) is 2. The second-order valence-electron chi connectivity index (χ2n) is 7.32. The van der Waals surface area contributed by atoms with Crippen molar-refractivity contribution in [2.75, 3.05) is 6.54 Å². The number of carbonyl (C=O) groups is 3. The van der Waals surface area contributed by atoms with E-state index in [9.17, 15) is 14.4 Å². The van der Waals surface area contributed by atoms with Crippen molar-refractivity contribution in [1.82, 2.24) is 15.5 Å². The first-order valence-corrected chi connectivity index (χ1v) is 9.46. The molecule has 0 spiro atoms. The molecular weight excluding hydrogens is 330 g/mol. The molecule has 2 atom stereocenters. The van der Waals surface area contributed by atoms with Crippen molar-refractivity contribution in [3.63, 3.8) is 0 Å². The van der Waals surface area contributed by atoms with E-state index < -0.39 is 6.04 Å². The van der Waals surface area contributed by atoms with E-state index in [0.717, 1.165) is 31.2 Å². The zero-order chi connectivity index (χ0) is 18.5. The summed E-state index contributed by atoms with van der Waals surface area (Å²) in [5, 5.41) is 5.59. The van der Waals surface area contributed by atoms with Crippen LogP contribution in [0.1, 0.15) is 44.6 Å². The Morgan fingerprint density at radius 2 is 1.88 bits per heavy atom. The van der Waals surface area contributed by atoms with Crippen LogP contribution in [0.3, 0.4) is 0 Å². The molecule has 140 valence electrons. The maximum atomic E-state index is 12.5. The van der Waals surface area contributed by atoms with Crippen LogP contribution >= 0.6 is 0 Å². The highest BCUT2D eigenvalue weighted by molar-refractivity contribution is 5.92. The molecule has 1 saturated carbocycles. The maximum absolute atomic E-state index is 12.5. The second-order valence-corrected chi connectivity index (χ2v) is 7.32. The number of amides is 3. The van der Waals surface area contributed by atoms with Gasteiger partial charge in [-0.1, -0.05) is 43.2 Å². The smallest absolute Gasteiger partial charge is 0.242 e. The summed E-state index contributed by atoms with van der Waals surface area (Å²) in [5.74, 6) is -0.717. The van der Waals surface area contributed by atoms with Crippen LogP contribution in [0.15, 0.2) is 30.3 Å². The van der Waals surface area contributed by atoms with Crippen molar-refractivity contribution in [2.24, 2.45) is 5.92 Å². The first-order valence-electron chi connectivity index (χ1n) is 9.46. The van der Waals surface area contributed by atoms with Gasteiger partial charge < -0.3 is 15.5 Å². The topological polar surface area (TPSA) is 78.5 Å². The number of carbonyl (C=O) groups excluding carboxylic acids is 3. The normalized spacial score (nSPS) is 21.7. The summed E-state index contributed by atoms with van der Waals surface area (Å²) in [4.78, 5) is 38.8. The zero-order valence-electron chi connectivity index (χ0n) is 15.2. The molecule has 3 amide bonds. The van der Waals surface area contributed by atoms with Gasteiger partial charge in [0.25, 0.3) is 0 Å². The number of rotatable bonds is 6. The van der Waals surface area contributed by atoms with E-state index in [0.29, 0.717) is 19.1 Å². The molecule has 0 bridgehead atoms. The van der Waals surface area contributed by atoms with E-state index >= 15 is 0 Å². The summed E-state index contributed by atoms with van der Waals surface area (Å²) in [5.41, 5.74) is 1.01. The fourth-order valence-electron chi connectivity index (χ4n) is 3.81. The summed E-state index contributed by atoms with van der Waals surface area (Å²) in [6.45, 7) is 2.58. The fourth-order valence-corrected chi connectivity index (χ4v) is 3.81. The van der Waals surface area contributed by atoms with Gasteiger partial charge >= 0.3 is 0 Å². The van der Waals surface area contributed by atoms with Crippen LogP contribution in [0.5, 0.6) is 0 Å². The number of nitrogens with zero attached hydrogens (tertiary/aromatic N) is 1. The molecule has 1 aliphatic heterocycles. The molecule has 2 aliphatic rings. The zero-order valence-corrected chi connectivity index (χ0v) is 15.2. The lowest BCUT2D eigenvalue weighted by Crippen LogP contribution is -2.47. The van der Waals surface area contributed by atoms with Gasteiger partial charge in [0.1, 0.15) is 6.04 Å². The summed E-state index contributed by atoms with van der Waals surface area (Å²) in [6, 6.07) is 9.30. The van der Waals surface area contributed by atoms with Crippen molar-refractivity contribution in [3.05, 3.63) is 35.9 Å². The second kappa shape index (κ2) is 8.34. The average Bonchev–Trinajstić information content (AvgIpc) is 3.29. The van der Waals surface area contributed by atoms with E-state index in [1.807, 2.05) is 35.2 Å². The van der Waals surface area contributed by atoms with Gasteiger partial charge in [0.05, 0.1) is 5.92 Å². The van der Waals surface area contributed by atoms with Gasteiger partial charge in [-0.25, -0.2) is 0 Å². The van der Waals surface area contributed by atoms with Crippen LogP contribution in [-0.2, 0) is 20.9 Å². The molecular formula is C20H27N3O3. The minimum atomic E-state index is -0.623. The molecule has 2 fully saturated rings. The van der Waals surface area contributed by atoms with Crippen LogP contribution in [0, 0.1) is 5.92 Å². The third-order valence-electron chi connectivity index (χ3n) is 5.36. The molecule has 1 aromatic carbocycles. The highest BCUT2D eigenvalue weighted by Crippen LogP contribution is 2.29. The van der Waals surface area contributed by atoms with Gasteiger partial charge in [0.15, 0.2) is 0 Å². The molecule has 3 rings (SSSR count). The third-order valence-corrected chi connectivity index (χ3v) is 5.36. The Morgan fingerprint density at radius 1 is 1.19 bits per heavy atom. The first kappa shape index (κ1) is 18.4. The molecule has 1 saturated heterocycles. The quantitative estimate of drug-likeness (QED) is 0.812. The number of likely N-dealkylation sites (tertiary alicyclic amines) is 1. The van der Waals surface area contributed by atoms with Crippen LogP contribution < -0.4 is 10.6 Å². The van der Waals surface area contributed by atoms with Gasteiger partial charge in [-0.05, 0) is 25.3 Å². The summed E-state index contributed by atoms with van der Waals surface area (Å²) in [7, 11) is 0.